The maximum atomic E-state index is 7.02. The number of methoxy groups -OCH3 is 2. The summed E-state index contributed by atoms with van der Waals surface area (Å²) >= 11 is 0. The molecule has 4 unspecified atom stereocenters. The van der Waals surface area contributed by atoms with Crippen LogP contribution in [0.3, 0.4) is 0 Å². The van der Waals surface area contributed by atoms with E-state index >= 15 is 0 Å². The van der Waals surface area contributed by atoms with Gasteiger partial charge in [-0.1, -0.05) is 61.4 Å². The molecule has 0 amide bonds. The van der Waals surface area contributed by atoms with Gasteiger partial charge in [0, 0.05) is 12.8 Å². The Morgan fingerprint density at radius 1 is 0.397 bits per heavy atom. The maximum Gasteiger partial charge on any atom is 0.126 e. The van der Waals surface area contributed by atoms with Crippen molar-refractivity contribution in [1.29, 1.82) is 0 Å². The monoisotopic (exact) mass is 782 g/mol. The molecule has 6 aliphatic rings. The Bertz CT molecular complexity index is 1990. The van der Waals surface area contributed by atoms with Crippen molar-refractivity contribution >= 4 is 0 Å². The van der Waals surface area contributed by atoms with Gasteiger partial charge in [-0.3, -0.25) is 0 Å². The topological polar surface area (TPSA) is 55.4 Å². The molecular weight excluding hydrogens is 721 g/mol. The molecule has 0 saturated heterocycles. The van der Waals surface area contributed by atoms with Crippen molar-refractivity contribution in [3.63, 3.8) is 0 Å². The lowest BCUT2D eigenvalue weighted by Crippen LogP contribution is -2.26. The molecule has 6 nitrogen and oxygen atoms in total. The molecular formula is C52H62O6. The molecule has 2 fully saturated rings. The first kappa shape index (κ1) is 38.2. The van der Waals surface area contributed by atoms with Gasteiger partial charge in [-0.2, -0.15) is 0 Å². The number of ether oxygens (including phenoxy) is 6. The van der Waals surface area contributed by atoms with Crippen LogP contribution in [0, 0.1) is 0 Å². The van der Waals surface area contributed by atoms with Crippen LogP contribution in [0.2, 0.25) is 0 Å². The summed E-state index contributed by atoms with van der Waals surface area (Å²) in [6.45, 7) is 3.15. The SMILES string of the molecule is COc1c2cc3cc1C1CCC1c1cc(cc(c1OC)Cc1cc4cc5c1OCCOCCOCCOc1c(cc(cc1C1CCC51)CCCCC4)C2)CCCCC3. The zero-order valence-electron chi connectivity index (χ0n) is 34.9. The summed E-state index contributed by atoms with van der Waals surface area (Å²) in [5.74, 6) is 5.66. The number of benzene rings is 4. The van der Waals surface area contributed by atoms with E-state index in [-0.39, 0.29) is 0 Å². The highest BCUT2D eigenvalue weighted by Crippen LogP contribution is 2.58. The fraction of sp³-hybridized carbons (Fsp3) is 0.538. The summed E-state index contributed by atoms with van der Waals surface area (Å²) < 4.78 is 39.3. The molecule has 0 aromatic heterocycles. The van der Waals surface area contributed by atoms with Crippen LogP contribution in [0.25, 0.3) is 0 Å². The lowest BCUT2D eigenvalue weighted by Gasteiger charge is -2.41. The lowest BCUT2D eigenvalue weighted by atomic mass is 9.64. The molecule has 306 valence electrons. The zero-order chi connectivity index (χ0) is 39.0. The van der Waals surface area contributed by atoms with Gasteiger partial charge in [0.1, 0.15) is 36.2 Å². The molecule has 4 aromatic carbocycles. The van der Waals surface area contributed by atoms with Crippen LogP contribution in [0.15, 0.2) is 48.5 Å². The Balaban J connectivity index is 1.26. The number of aryl methyl sites for hydroxylation is 4. The van der Waals surface area contributed by atoms with Crippen LogP contribution in [0.5, 0.6) is 23.0 Å². The second-order valence-electron chi connectivity index (χ2n) is 18.1. The minimum absolute atomic E-state index is 0.335. The second kappa shape index (κ2) is 16.9. The number of hydrogen-bond donors (Lipinski definition) is 0. The molecule has 0 spiro atoms. The summed E-state index contributed by atoms with van der Waals surface area (Å²) in [5, 5.41) is 0. The first-order chi connectivity index (χ1) is 28.6. The van der Waals surface area contributed by atoms with Crippen molar-refractivity contribution in [1.82, 2.24) is 0 Å². The first-order valence-corrected chi connectivity index (χ1v) is 22.8. The largest absolute Gasteiger partial charge is 0.496 e. The van der Waals surface area contributed by atoms with Gasteiger partial charge in [-0.05, 0) is 167 Å². The van der Waals surface area contributed by atoms with E-state index in [4.69, 9.17) is 28.4 Å². The van der Waals surface area contributed by atoms with Crippen molar-refractivity contribution < 1.29 is 28.4 Å². The van der Waals surface area contributed by atoms with E-state index in [1.165, 1.54) is 105 Å². The third-order valence-corrected chi connectivity index (χ3v) is 14.5. The minimum atomic E-state index is 0.335. The Kier molecular flexibility index (Phi) is 11.2. The highest BCUT2D eigenvalue weighted by molar-refractivity contribution is 5.59. The van der Waals surface area contributed by atoms with Crippen molar-refractivity contribution in [2.75, 3.05) is 53.9 Å². The molecule has 58 heavy (non-hydrogen) atoms. The normalized spacial score (nSPS) is 24.4. The molecule has 10 rings (SSSR count). The predicted octanol–water partition coefficient (Wildman–Crippen LogP) is 10.9. The Hall–Kier alpha value is -4.00. The van der Waals surface area contributed by atoms with Gasteiger partial charge >= 0.3 is 0 Å². The van der Waals surface area contributed by atoms with Gasteiger partial charge in [-0.15, -0.1) is 0 Å². The molecule has 0 N–H and O–H groups in total. The van der Waals surface area contributed by atoms with E-state index in [1.54, 1.807) is 0 Å². The fourth-order valence-corrected chi connectivity index (χ4v) is 11.5. The third kappa shape index (κ3) is 7.42. The fourth-order valence-electron chi connectivity index (χ4n) is 11.5. The summed E-state index contributed by atoms with van der Waals surface area (Å²) in [6, 6.07) is 20.0. The van der Waals surface area contributed by atoms with E-state index in [1.807, 2.05) is 14.2 Å². The molecule has 0 radical (unpaired) electrons. The number of fused-ring (bicyclic) bond motifs is 6. The maximum absolute atomic E-state index is 7.02. The summed E-state index contributed by atoms with van der Waals surface area (Å²) in [6.07, 6.45) is 17.6. The van der Waals surface area contributed by atoms with Crippen LogP contribution in [-0.4, -0.2) is 53.9 Å². The minimum Gasteiger partial charge on any atom is -0.496 e. The van der Waals surface area contributed by atoms with E-state index in [0.29, 0.717) is 63.3 Å². The van der Waals surface area contributed by atoms with Crippen LogP contribution in [0.1, 0.15) is 155 Å². The van der Waals surface area contributed by atoms with Gasteiger partial charge in [0.25, 0.3) is 0 Å². The molecule has 1 heterocycles. The lowest BCUT2D eigenvalue weighted by molar-refractivity contribution is 0.0265. The van der Waals surface area contributed by atoms with Gasteiger partial charge in [0.05, 0.1) is 40.6 Å². The highest BCUT2D eigenvalue weighted by atomic mass is 16.6. The number of hydrogen-bond acceptors (Lipinski definition) is 6. The van der Waals surface area contributed by atoms with Crippen molar-refractivity contribution in [2.24, 2.45) is 0 Å². The van der Waals surface area contributed by atoms with Gasteiger partial charge in [0.2, 0.25) is 0 Å². The van der Waals surface area contributed by atoms with E-state index < -0.39 is 0 Å². The zero-order valence-corrected chi connectivity index (χ0v) is 34.9. The highest BCUT2D eigenvalue weighted by Gasteiger charge is 2.41. The average Bonchev–Trinajstić information content (AvgIpc) is 3.18. The molecule has 4 atom stereocenters. The Labute approximate surface area is 345 Å². The molecule has 2 saturated carbocycles. The van der Waals surface area contributed by atoms with Gasteiger partial charge in [-0.25, -0.2) is 0 Å². The smallest absolute Gasteiger partial charge is 0.126 e. The standard InChI is InChI=1S/C52H62O6/c1-53-49-37-23-33-9-5-3-6-10-34-24-38(50(54-2)46(28-34)42-14-13-41(42)45(49)27-33)32-40-26-36-12-8-4-7-11-35-25-39(31-37)51-47(29-35)43-15-16-44(43)48(30-36)52(40)58-22-20-56-18-17-55-19-21-57-51/h23-30,41-44H,3-22,31-32H2,1-2H3. The van der Waals surface area contributed by atoms with E-state index in [0.717, 1.165) is 87.2 Å². The van der Waals surface area contributed by atoms with Crippen molar-refractivity contribution in [3.05, 3.63) is 115 Å². The Morgan fingerprint density at radius 3 is 1.12 bits per heavy atom. The average molecular weight is 783 g/mol. The number of rotatable bonds is 2. The Morgan fingerprint density at radius 2 is 0.741 bits per heavy atom. The second-order valence-corrected chi connectivity index (χ2v) is 18.1. The molecule has 1 aliphatic heterocycles. The van der Waals surface area contributed by atoms with Crippen LogP contribution >= 0.6 is 0 Å². The van der Waals surface area contributed by atoms with E-state index in [9.17, 15) is 0 Å². The third-order valence-electron chi connectivity index (χ3n) is 14.5. The van der Waals surface area contributed by atoms with Crippen molar-refractivity contribution in [2.45, 2.75) is 126 Å². The predicted molar refractivity (Wildman–Crippen MR) is 229 cm³/mol. The van der Waals surface area contributed by atoms with Gasteiger partial charge in [0.15, 0.2) is 0 Å². The molecule has 14 bridgehead atoms. The summed E-state index contributed by atoms with van der Waals surface area (Å²) in [4.78, 5) is 0. The first-order valence-electron chi connectivity index (χ1n) is 22.8. The van der Waals surface area contributed by atoms with Crippen LogP contribution in [-0.2, 0) is 48.0 Å². The summed E-state index contributed by atoms with van der Waals surface area (Å²) in [7, 11) is 3.79. The van der Waals surface area contributed by atoms with Crippen LogP contribution in [0.4, 0.5) is 0 Å². The van der Waals surface area contributed by atoms with Crippen molar-refractivity contribution in [3.8, 4) is 23.0 Å². The van der Waals surface area contributed by atoms with Gasteiger partial charge < -0.3 is 28.4 Å². The van der Waals surface area contributed by atoms with Crippen LogP contribution < -0.4 is 18.9 Å². The van der Waals surface area contributed by atoms with E-state index in [2.05, 4.69) is 48.5 Å². The molecule has 5 aliphatic carbocycles. The summed E-state index contributed by atoms with van der Waals surface area (Å²) in [5.41, 5.74) is 16.4. The molecule has 4 aromatic rings. The molecule has 6 heteroatoms. The quantitative estimate of drug-likeness (QED) is 0.202.